The van der Waals surface area contributed by atoms with Crippen molar-refractivity contribution in [3.8, 4) is 0 Å². The quantitative estimate of drug-likeness (QED) is 0.451. The van der Waals surface area contributed by atoms with E-state index in [0.717, 1.165) is 63.7 Å². The fourth-order valence-corrected chi connectivity index (χ4v) is 5.83. The second kappa shape index (κ2) is 12.7. The zero-order valence-electron chi connectivity index (χ0n) is 21.7. The molecule has 0 radical (unpaired) electrons. The van der Waals surface area contributed by atoms with Crippen LogP contribution in [0.4, 0.5) is 0 Å². The summed E-state index contributed by atoms with van der Waals surface area (Å²) in [5.74, 6) is 0.568. The van der Waals surface area contributed by atoms with Gasteiger partial charge in [0, 0.05) is 42.7 Å². The molecule has 2 atom stereocenters. The SMILES string of the molecule is CCN(C(=O)Cc1cccc(Cl)c1)C1CCN(C(C)C[C@H](NC(=O)C2CCC2)c2ccccc2)CC1. The van der Waals surface area contributed by atoms with Crippen molar-refractivity contribution >= 4 is 23.4 Å². The van der Waals surface area contributed by atoms with Crippen LogP contribution in [0.1, 0.15) is 69.5 Å². The molecule has 1 N–H and O–H groups in total. The molecule has 2 aliphatic rings. The van der Waals surface area contributed by atoms with Crippen molar-refractivity contribution in [1.29, 1.82) is 0 Å². The summed E-state index contributed by atoms with van der Waals surface area (Å²) in [7, 11) is 0. The zero-order chi connectivity index (χ0) is 25.5. The lowest BCUT2D eigenvalue weighted by molar-refractivity contribution is -0.133. The minimum atomic E-state index is 0.0263. The standard InChI is InChI=1S/C30H40ClN3O2/c1-3-34(29(35)21-23-9-7-14-26(31)20-23)27-15-17-33(18-16-27)22(2)19-28(24-10-5-4-6-11-24)32-30(36)25-12-8-13-25/h4-7,9-11,14,20,22,25,27-28H,3,8,12-13,15-19,21H2,1-2H3,(H,32,36)/t22?,28-/m0/s1. The molecule has 4 rings (SSSR count). The summed E-state index contributed by atoms with van der Waals surface area (Å²) in [4.78, 5) is 30.4. The van der Waals surface area contributed by atoms with E-state index in [-0.39, 0.29) is 29.8 Å². The minimum absolute atomic E-state index is 0.0263. The van der Waals surface area contributed by atoms with Crippen LogP contribution in [-0.2, 0) is 16.0 Å². The average Bonchev–Trinajstić information content (AvgIpc) is 2.84. The first-order valence-corrected chi connectivity index (χ1v) is 14.0. The lowest BCUT2D eigenvalue weighted by atomic mass is 9.84. The maximum absolute atomic E-state index is 13.1. The molecular weight excluding hydrogens is 470 g/mol. The highest BCUT2D eigenvalue weighted by atomic mass is 35.5. The number of hydrogen-bond donors (Lipinski definition) is 1. The molecule has 194 valence electrons. The summed E-state index contributed by atoms with van der Waals surface area (Å²) < 4.78 is 0. The largest absolute Gasteiger partial charge is 0.349 e. The predicted molar refractivity (Wildman–Crippen MR) is 146 cm³/mol. The van der Waals surface area contributed by atoms with E-state index >= 15 is 0 Å². The van der Waals surface area contributed by atoms with Crippen molar-refractivity contribution in [2.75, 3.05) is 19.6 Å². The van der Waals surface area contributed by atoms with Gasteiger partial charge >= 0.3 is 0 Å². The molecule has 2 amide bonds. The van der Waals surface area contributed by atoms with Crippen LogP contribution in [0.25, 0.3) is 0 Å². The van der Waals surface area contributed by atoms with Crippen LogP contribution in [0.2, 0.25) is 5.02 Å². The third kappa shape index (κ3) is 6.89. The molecule has 1 saturated heterocycles. The van der Waals surface area contributed by atoms with Gasteiger partial charge in [0.1, 0.15) is 0 Å². The Labute approximate surface area is 221 Å². The first-order valence-electron chi connectivity index (χ1n) is 13.6. The van der Waals surface area contributed by atoms with Crippen LogP contribution in [0, 0.1) is 5.92 Å². The van der Waals surface area contributed by atoms with Crippen molar-refractivity contribution in [3.05, 3.63) is 70.7 Å². The Bertz CT molecular complexity index is 1000. The van der Waals surface area contributed by atoms with Crippen molar-refractivity contribution < 1.29 is 9.59 Å². The summed E-state index contributed by atoms with van der Waals surface area (Å²) >= 11 is 6.11. The van der Waals surface area contributed by atoms with Crippen molar-refractivity contribution in [2.45, 2.75) is 76.9 Å². The normalized spacial score (nSPS) is 18.8. The van der Waals surface area contributed by atoms with Gasteiger partial charge in [0.25, 0.3) is 0 Å². The number of likely N-dealkylation sites (N-methyl/N-ethyl adjacent to an activating group) is 1. The molecule has 0 aromatic heterocycles. The van der Waals surface area contributed by atoms with Crippen LogP contribution in [0.15, 0.2) is 54.6 Å². The topological polar surface area (TPSA) is 52.7 Å². The zero-order valence-corrected chi connectivity index (χ0v) is 22.4. The number of nitrogens with one attached hydrogen (secondary N) is 1. The Morgan fingerprint density at radius 3 is 2.39 bits per heavy atom. The summed E-state index contributed by atoms with van der Waals surface area (Å²) in [6.45, 7) is 6.99. The lowest BCUT2D eigenvalue weighted by Gasteiger charge is -2.41. The van der Waals surface area contributed by atoms with Crippen LogP contribution in [0.5, 0.6) is 0 Å². The molecule has 0 bridgehead atoms. The van der Waals surface area contributed by atoms with Gasteiger partial charge in [-0.1, -0.05) is 60.5 Å². The second-order valence-electron chi connectivity index (χ2n) is 10.4. The number of nitrogens with zero attached hydrogens (tertiary/aromatic N) is 2. The molecule has 2 aromatic carbocycles. The molecule has 1 heterocycles. The monoisotopic (exact) mass is 509 g/mol. The lowest BCUT2D eigenvalue weighted by Crippen LogP contribution is -2.50. The Morgan fingerprint density at radius 2 is 1.78 bits per heavy atom. The number of halogens is 1. The molecule has 36 heavy (non-hydrogen) atoms. The highest BCUT2D eigenvalue weighted by Crippen LogP contribution is 2.29. The molecule has 5 nitrogen and oxygen atoms in total. The van der Waals surface area contributed by atoms with E-state index in [1.54, 1.807) is 0 Å². The smallest absolute Gasteiger partial charge is 0.227 e. The van der Waals surface area contributed by atoms with Gasteiger partial charge in [0.15, 0.2) is 0 Å². The Hall–Kier alpha value is -2.37. The molecule has 6 heteroatoms. The molecule has 2 aromatic rings. The Kier molecular flexibility index (Phi) is 9.44. The molecule has 2 fully saturated rings. The summed E-state index contributed by atoms with van der Waals surface area (Å²) in [6, 6.07) is 18.6. The van der Waals surface area contributed by atoms with Crippen LogP contribution >= 0.6 is 11.6 Å². The third-order valence-corrected chi connectivity index (χ3v) is 8.27. The van der Waals surface area contributed by atoms with E-state index in [9.17, 15) is 9.59 Å². The fraction of sp³-hybridized carbons (Fsp3) is 0.533. The number of amides is 2. The molecule has 1 saturated carbocycles. The number of benzene rings is 2. The third-order valence-electron chi connectivity index (χ3n) is 8.04. The number of carbonyl (C=O) groups excluding carboxylic acids is 2. The highest BCUT2D eigenvalue weighted by molar-refractivity contribution is 6.30. The first-order chi connectivity index (χ1) is 17.4. The predicted octanol–water partition coefficient (Wildman–Crippen LogP) is 5.63. The van der Waals surface area contributed by atoms with Gasteiger partial charge in [-0.15, -0.1) is 0 Å². The van der Waals surface area contributed by atoms with E-state index in [0.29, 0.717) is 17.5 Å². The van der Waals surface area contributed by atoms with E-state index in [1.807, 2.05) is 42.5 Å². The summed E-state index contributed by atoms with van der Waals surface area (Å²) in [5.41, 5.74) is 2.14. The number of carbonyl (C=O) groups is 2. The molecule has 1 aliphatic heterocycles. The number of hydrogen-bond acceptors (Lipinski definition) is 3. The minimum Gasteiger partial charge on any atom is -0.349 e. The Morgan fingerprint density at radius 1 is 1.06 bits per heavy atom. The Balaban J connectivity index is 1.32. The van der Waals surface area contributed by atoms with E-state index in [2.05, 4.69) is 41.1 Å². The van der Waals surface area contributed by atoms with Gasteiger partial charge in [-0.05, 0) is 69.2 Å². The molecule has 1 unspecified atom stereocenters. The van der Waals surface area contributed by atoms with Crippen molar-refractivity contribution in [2.24, 2.45) is 5.92 Å². The van der Waals surface area contributed by atoms with Gasteiger partial charge < -0.3 is 15.1 Å². The van der Waals surface area contributed by atoms with Gasteiger partial charge in [0.05, 0.1) is 12.5 Å². The second-order valence-corrected chi connectivity index (χ2v) is 10.9. The maximum Gasteiger partial charge on any atom is 0.227 e. The van der Waals surface area contributed by atoms with Gasteiger partial charge in [-0.25, -0.2) is 0 Å². The van der Waals surface area contributed by atoms with Gasteiger partial charge in [0.2, 0.25) is 11.8 Å². The van der Waals surface area contributed by atoms with Crippen molar-refractivity contribution in [1.82, 2.24) is 15.1 Å². The number of rotatable bonds is 10. The highest BCUT2D eigenvalue weighted by Gasteiger charge is 2.31. The maximum atomic E-state index is 13.1. The first kappa shape index (κ1) is 26.7. The number of piperidine rings is 1. The van der Waals surface area contributed by atoms with E-state index < -0.39 is 0 Å². The number of likely N-dealkylation sites (tertiary alicyclic amines) is 1. The van der Waals surface area contributed by atoms with Crippen LogP contribution in [-0.4, -0.2) is 53.3 Å². The molecule has 1 aliphatic carbocycles. The summed E-state index contributed by atoms with van der Waals surface area (Å²) in [6.07, 6.45) is 6.42. The molecule has 0 spiro atoms. The van der Waals surface area contributed by atoms with Crippen molar-refractivity contribution in [3.63, 3.8) is 0 Å². The summed E-state index contributed by atoms with van der Waals surface area (Å²) in [5, 5.41) is 4.03. The van der Waals surface area contributed by atoms with Gasteiger partial charge in [-0.3, -0.25) is 9.59 Å². The van der Waals surface area contributed by atoms with Crippen LogP contribution < -0.4 is 5.32 Å². The van der Waals surface area contributed by atoms with E-state index in [4.69, 9.17) is 11.6 Å². The van der Waals surface area contributed by atoms with Crippen LogP contribution in [0.3, 0.4) is 0 Å². The average molecular weight is 510 g/mol. The fourth-order valence-electron chi connectivity index (χ4n) is 5.61. The molecular formula is C30H40ClN3O2. The van der Waals surface area contributed by atoms with E-state index in [1.165, 1.54) is 5.56 Å². The van der Waals surface area contributed by atoms with Gasteiger partial charge in [-0.2, -0.15) is 0 Å².